The van der Waals surface area contributed by atoms with Gasteiger partial charge in [-0.25, -0.2) is 0 Å². The van der Waals surface area contributed by atoms with Crippen molar-refractivity contribution in [2.45, 2.75) is 12.8 Å². The zero-order chi connectivity index (χ0) is 17.9. The van der Waals surface area contributed by atoms with Crippen molar-refractivity contribution in [3.63, 3.8) is 0 Å². The molecule has 25 heavy (non-hydrogen) atoms. The van der Waals surface area contributed by atoms with Crippen molar-refractivity contribution in [1.29, 1.82) is 0 Å². The summed E-state index contributed by atoms with van der Waals surface area (Å²) in [4.78, 5) is 24.6. The summed E-state index contributed by atoms with van der Waals surface area (Å²) in [5, 5.41) is 11.2. The molecule has 1 aliphatic carbocycles. The fourth-order valence-electron chi connectivity index (χ4n) is 2.36. The van der Waals surface area contributed by atoms with E-state index in [9.17, 15) is 9.59 Å². The molecule has 4 N–H and O–H groups in total. The van der Waals surface area contributed by atoms with Gasteiger partial charge in [0.05, 0.1) is 11.8 Å². The Balaban J connectivity index is 0.00000576. The van der Waals surface area contributed by atoms with Crippen LogP contribution in [0.1, 0.15) is 12.8 Å². The molecular formula is C14H20N4O2S4Zn. The first-order valence-electron chi connectivity index (χ1n) is 7.52. The number of hydrogen-bond acceptors (Lipinski definition) is 6. The minimum Gasteiger partial charge on any atom is -0.412 e. The number of hydrogen-bond donors (Lipinski definition) is 4. The van der Waals surface area contributed by atoms with Crippen LogP contribution in [0, 0.1) is 11.8 Å². The molecule has 6 nitrogen and oxygen atoms in total. The van der Waals surface area contributed by atoms with Gasteiger partial charge in [0.2, 0.25) is 11.8 Å². The molecule has 0 aromatic rings. The maximum atomic E-state index is 12.3. The fraction of sp³-hybridized carbons (Fsp3) is 0.571. The third-order valence-corrected chi connectivity index (χ3v) is 4.07. The Morgan fingerprint density at radius 1 is 0.800 bits per heavy atom. The summed E-state index contributed by atoms with van der Waals surface area (Å²) in [7, 11) is 0. The van der Waals surface area contributed by atoms with E-state index >= 15 is 0 Å². The van der Waals surface area contributed by atoms with Gasteiger partial charge in [-0.3, -0.25) is 9.59 Å². The van der Waals surface area contributed by atoms with E-state index < -0.39 is 0 Å². The Kier molecular flexibility index (Phi) is 13.4. The van der Waals surface area contributed by atoms with Crippen LogP contribution in [0.2, 0.25) is 0 Å². The Bertz CT molecular complexity index is 475. The number of carbonyl (C=O) groups excluding carboxylic acids is 2. The summed E-state index contributed by atoms with van der Waals surface area (Å²) < 4.78 is 0.545. The quantitative estimate of drug-likeness (QED) is 0.126. The summed E-state index contributed by atoms with van der Waals surface area (Å²) in [5.41, 5.74) is 0. The summed E-state index contributed by atoms with van der Waals surface area (Å²) in [6.45, 7) is 1.76. The predicted octanol–water partition coefficient (Wildman–Crippen LogP) is -0.358. The van der Waals surface area contributed by atoms with Crippen molar-refractivity contribution in [2.75, 3.05) is 26.2 Å². The van der Waals surface area contributed by atoms with Crippen molar-refractivity contribution in [3.05, 3.63) is 12.2 Å². The van der Waals surface area contributed by atoms with E-state index in [1.165, 1.54) is 0 Å². The van der Waals surface area contributed by atoms with Crippen molar-refractivity contribution >= 4 is 70.1 Å². The molecule has 0 spiro atoms. The minimum atomic E-state index is -0.376. The van der Waals surface area contributed by atoms with Crippen molar-refractivity contribution in [3.8, 4) is 0 Å². The van der Waals surface area contributed by atoms with E-state index in [1.807, 2.05) is 12.2 Å². The largest absolute Gasteiger partial charge is 2.00 e. The molecule has 1 aliphatic rings. The second-order valence-corrected chi connectivity index (χ2v) is 7.32. The normalized spacial score (nSPS) is 18.4. The van der Waals surface area contributed by atoms with Gasteiger partial charge >= 0.3 is 19.5 Å². The van der Waals surface area contributed by atoms with Crippen LogP contribution in [0.15, 0.2) is 12.2 Å². The zero-order valence-electron chi connectivity index (χ0n) is 13.7. The number of carbonyl (C=O) groups is 2. The van der Waals surface area contributed by atoms with Crippen LogP contribution in [0.5, 0.6) is 0 Å². The molecule has 1 rings (SSSR count). The molecule has 0 radical (unpaired) electrons. The van der Waals surface area contributed by atoms with Gasteiger partial charge in [0, 0.05) is 26.2 Å². The number of thiocarbonyl (C=S) groups is 2. The summed E-state index contributed by atoms with van der Waals surface area (Å²) >= 11 is 18.9. The SMILES string of the molecule is O=C(NCCNC(=S)[S-])C1CC=CCC1C(=O)NCCNC(=S)[S-].[Zn+2]. The van der Waals surface area contributed by atoms with Crippen LogP contribution in [0.4, 0.5) is 0 Å². The molecular weight excluding hydrogens is 450 g/mol. The molecule has 2 amide bonds. The van der Waals surface area contributed by atoms with E-state index in [0.717, 1.165) is 0 Å². The number of rotatable bonds is 8. The van der Waals surface area contributed by atoms with Gasteiger partial charge in [0.1, 0.15) is 0 Å². The summed E-state index contributed by atoms with van der Waals surface area (Å²) in [6.07, 6.45) is 4.96. The molecule has 11 heteroatoms. The van der Waals surface area contributed by atoms with Crippen LogP contribution in [-0.2, 0) is 54.3 Å². The molecule has 0 aliphatic heterocycles. The minimum absolute atomic E-state index is 0. The second-order valence-electron chi connectivity index (χ2n) is 5.17. The van der Waals surface area contributed by atoms with E-state index in [-0.39, 0.29) is 51.8 Å². The maximum absolute atomic E-state index is 12.3. The predicted molar refractivity (Wildman–Crippen MR) is 107 cm³/mol. The summed E-state index contributed by atoms with van der Waals surface area (Å²) in [5.74, 6) is -1.03. The Labute approximate surface area is 182 Å². The first kappa shape index (κ1) is 24.5. The molecule has 134 valence electrons. The molecule has 0 fully saturated rings. The van der Waals surface area contributed by atoms with E-state index in [2.05, 4.69) is 21.3 Å². The average molecular weight is 470 g/mol. The monoisotopic (exact) mass is 468 g/mol. The van der Waals surface area contributed by atoms with Crippen LogP contribution in [0.25, 0.3) is 0 Å². The van der Waals surface area contributed by atoms with Crippen molar-refractivity contribution in [1.82, 2.24) is 21.3 Å². The fourth-order valence-corrected chi connectivity index (χ4v) is 2.76. The van der Waals surface area contributed by atoms with Gasteiger partial charge in [-0.15, -0.1) is 0 Å². The van der Waals surface area contributed by atoms with Crippen molar-refractivity contribution < 1.29 is 29.1 Å². The number of amides is 2. The van der Waals surface area contributed by atoms with Gasteiger partial charge < -0.3 is 71.0 Å². The van der Waals surface area contributed by atoms with Gasteiger partial charge in [-0.1, -0.05) is 20.8 Å². The first-order valence-corrected chi connectivity index (χ1v) is 9.15. The molecule has 0 heterocycles. The smallest absolute Gasteiger partial charge is 0.412 e. The van der Waals surface area contributed by atoms with Gasteiger partial charge in [0.25, 0.3) is 0 Å². The molecule has 2 unspecified atom stereocenters. The maximum Gasteiger partial charge on any atom is 2.00 e. The Morgan fingerprint density at radius 2 is 1.12 bits per heavy atom. The van der Waals surface area contributed by atoms with Crippen LogP contribution < -0.4 is 21.3 Å². The number of allylic oxidation sites excluding steroid dienone is 2. The third kappa shape index (κ3) is 10.3. The van der Waals surface area contributed by atoms with E-state index in [1.54, 1.807) is 0 Å². The molecule has 2 atom stereocenters. The average Bonchev–Trinajstić information content (AvgIpc) is 2.54. The number of nitrogens with one attached hydrogen (secondary N) is 4. The zero-order valence-corrected chi connectivity index (χ0v) is 19.9. The van der Waals surface area contributed by atoms with Gasteiger partial charge in [-0.05, 0) is 12.8 Å². The second kappa shape index (κ2) is 13.7. The van der Waals surface area contributed by atoms with Gasteiger partial charge in [-0.2, -0.15) is 0 Å². The standard InChI is InChI=1S/C14H22N4O2S4.Zn/c19-11(15-5-7-17-13(21)22)9-3-1-2-4-10(9)12(20)16-6-8-18-14(23)24;/h1-2,9-10H,3-8H2,(H,15,19)(H,16,20)(H2,17,21,22)(H2,18,23,24);/q;+2/p-2. The first-order chi connectivity index (χ1) is 11.4. The van der Waals surface area contributed by atoms with E-state index in [4.69, 9.17) is 49.7 Å². The van der Waals surface area contributed by atoms with Crippen molar-refractivity contribution in [2.24, 2.45) is 11.8 Å². The molecule has 0 saturated carbocycles. The molecule has 0 saturated heterocycles. The van der Waals surface area contributed by atoms with Gasteiger partial charge in [0.15, 0.2) is 0 Å². The molecule has 0 aromatic carbocycles. The molecule has 0 bridgehead atoms. The Morgan fingerprint density at radius 3 is 1.44 bits per heavy atom. The summed E-state index contributed by atoms with van der Waals surface area (Å²) in [6, 6.07) is 0. The van der Waals surface area contributed by atoms with E-state index in [0.29, 0.717) is 39.0 Å². The Hall–Kier alpha value is -0.477. The molecule has 0 aromatic heterocycles. The third-order valence-electron chi connectivity index (χ3n) is 3.49. The van der Waals surface area contributed by atoms with Crippen LogP contribution >= 0.6 is 24.4 Å². The van der Waals surface area contributed by atoms with Crippen LogP contribution in [-0.4, -0.2) is 46.6 Å². The van der Waals surface area contributed by atoms with Crippen LogP contribution in [0.3, 0.4) is 0 Å². The topological polar surface area (TPSA) is 82.3 Å².